The first-order valence-electron chi connectivity index (χ1n) is 8.52. The number of aromatic nitrogens is 2. The molecule has 0 spiro atoms. The summed E-state index contributed by atoms with van der Waals surface area (Å²) >= 11 is 9.23. The van der Waals surface area contributed by atoms with Gasteiger partial charge in [-0.05, 0) is 48.0 Å². The van der Waals surface area contributed by atoms with Crippen LogP contribution in [0, 0.1) is 0 Å². The number of pyridine rings is 2. The van der Waals surface area contributed by atoms with Crippen LogP contribution < -0.4 is 11.1 Å². The van der Waals surface area contributed by atoms with Crippen molar-refractivity contribution in [1.29, 1.82) is 0 Å². The van der Waals surface area contributed by atoms with Crippen LogP contribution in [0.5, 0.6) is 0 Å². The van der Waals surface area contributed by atoms with Crippen LogP contribution in [0.4, 0.5) is 19.0 Å². The van der Waals surface area contributed by atoms with Crippen molar-refractivity contribution in [3.8, 4) is 0 Å². The fourth-order valence-corrected chi connectivity index (χ4v) is 3.40. The Morgan fingerprint density at radius 2 is 2.07 bits per heavy atom. The average molecular weight is 507 g/mol. The van der Waals surface area contributed by atoms with Gasteiger partial charge in [0.05, 0.1) is 17.3 Å². The quantitative estimate of drug-likeness (QED) is 0.653. The third kappa shape index (κ3) is 4.14. The maximum absolute atomic E-state index is 13.3. The number of amidine groups is 1. The number of alkyl halides is 3. The van der Waals surface area contributed by atoms with Gasteiger partial charge in [0.1, 0.15) is 22.9 Å². The zero-order valence-corrected chi connectivity index (χ0v) is 18.1. The number of carbonyl (C=O) groups is 1. The molecule has 1 aliphatic heterocycles. The minimum Gasteiger partial charge on any atom is -0.385 e. The first kappa shape index (κ1) is 22.4. The predicted octanol–water partition coefficient (Wildman–Crippen LogP) is 4.07. The Morgan fingerprint density at radius 3 is 2.67 bits per heavy atom. The van der Waals surface area contributed by atoms with Crippen LogP contribution in [0.3, 0.4) is 0 Å². The van der Waals surface area contributed by atoms with E-state index in [1.165, 1.54) is 25.3 Å². The highest BCUT2D eigenvalue weighted by molar-refractivity contribution is 9.10. The second-order valence-corrected chi connectivity index (χ2v) is 8.26. The Kier molecular flexibility index (Phi) is 5.82. The van der Waals surface area contributed by atoms with Crippen molar-refractivity contribution in [3.05, 3.63) is 51.3 Å². The molecule has 1 amide bonds. The zero-order valence-electron chi connectivity index (χ0n) is 15.7. The number of nitrogens with two attached hydrogens (primary N) is 1. The summed E-state index contributed by atoms with van der Waals surface area (Å²) in [6.45, 7) is 1.95. The van der Waals surface area contributed by atoms with E-state index in [9.17, 15) is 18.0 Å². The molecule has 3 heterocycles. The Morgan fingerprint density at radius 1 is 1.37 bits per heavy atom. The summed E-state index contributed by atoms with van der Waals surface area (Å²) < 4.78 is 45.6. The van der Waals surface area contributed by atoms with E-state index in [0.29, 0.717) is 4.47 Å². The number of carbonyl (C=O) groups excluding carboxylic acids is 1. The molecule has 7 nitrogen and oxygen atoms in total. The minimum absolute atomic E-state index is 0.0116. The number of anilines is 1. The third-order valence-corrected chi connectivity index (χ3v) is 5.33. The third-order valence-electron chi connectivity index (χ3n) is 4.60. The lowest BCUT2D eigenvalue weighted by Gasteiger charge is -2.40. The van der Waals surface area contributed by atoms with Crippen molar-refractivity contribution in [2.75, 3.05) is 11.9 Å². The predicted molar refractivity (Wildman–Crippen MR) is 109 cm³/mol. The van der Waals surface area contributed by atoms with E-state index in [4.69, 9.17) is 22.1 Å². The first-order chi connectivity index (χ1) is 13.9. The molecule has 0 radical (unpaired) electrons. The number of halogens is 5. The number of nitrogens with one attached hydrogen (secondary N) is 1. The molecule has 12 heteroatoms. The summed E-state index contributed by atoms with van der Waals surface area (Å²) in [5.74, 6) is -1.17. The number of amides is 1. The van der Waals surface area contributed by atoms with Gasteiger partial charge in [0.15, 0.2) is 0 Å². The van der Waals surface area contributed by atoms with E-state index >= 15 is 0 Å². The number of hydrogen-bond donors (Lipinski definition) is 2. The first-order valence-corrected chi connectivity index (χ1v) is 9.69. The molecule has 0 saturated heterocycles. The highest BCUT2D eigenvalue weighted by Gasteiger charge is 2.59. The highest BCUT2D eigenvalue weighted by atomic mass is 79.9. The van der Waals surface area contributed by atoms with Crippen molar-refractivity contribution in [2.24, 2.45) is 10.7 Å². The van der Waals surface area contributed by atoms with Crippen LogP contribution in [0.25, 0.3) is 0 Å². The van der Waals surface area contributed by atoms with Crippen molar-refractivity contribution in [3.63, 3.8) is 0 Å². The summed E-state index contributed by atoms with van der Waals surface area (Å²) in [7, 11) is 0. The van der Waals surface area contributed by atoms with Gasteiger partial charge in [-0.15, -0.1) is 0 Å². The monoisotopic (exact) mass is 505 g/mol. The molecule has 2 aromatic heterocycles. The minimum atomic E-state index is -4.72. The van der Waals surface area contributed by atoms with Crippen molar-refractivity contribution in [2.45, 2.75) is 31.2 Å². The number of rotatable bonds is 3. The average Bonchev–Trinajstić information content (AvgIpc) is 2.64. The van der Waals surface area contributed by atoms with Gasteiger partial charge in [-0.2, -0.15) is 13.2 Å². The number of hydrogen-bond acceptors (Lipinski definition) is 6. The standard InChI is InChI=1S/C18H16BrClF3N5O2/c1-16(8-30-17(2,15(24)28-16)18(21,22)23)11-4-3-5-12(26-11)27-14(29)13-10(20)6-9(19)7-25-13/h3-7H,8H2,1-2H3,(H2,24,28)(H,26,27,29). The molecule has 0 aromatic carbocycles. The van der Waals surface area contributed by atoms with Gasteiger partial charge >= 0.3 is 6.18 Å². The van der Waals surface area contributed by atoms with Crippen LogP contribution in [-0.2, 0) is 10.3 Å². The molecule has 30 heavy (non-hydrogen) atoms. The molecular weight excluding hydrogens is 491 g/mol. The van der Waals surface area contributed by atoms with Crippen LogP contribution >= 0.6 is 27.5 Å². The molecule has 0 saturated carbocycles. The lowest BCUT2D eigenvalue weighted by molar-refractivity contribution is -0.249. The molecule has 2 aromatic rings. The number of ether oxygens (including phenoxy) is 1. The van der Waals surface area contributed by atoms with Crippen LogP contribution in [0.2, 0.25) is 5.02 Å². The fraction of sp³-hybridized carbons (Fsp3) is 0.333. The molecule has 160 valence electrons. The summed E-state index contributed by atoms with van der Waals surface area (Å²) in [6.07, 6.45) is -3.30. The van der Waals surface area contributed by atoms with Crippen molar-refractivity contribution >= 4 is 45.1 Å². The van der Waals surface area contributed by atoms with Gasteiger partial charge in [-0.25, -0.2) is 9.97 Å². The van der Waals surface area contributed by atoms with Crippen molar-refractivity contribution in [1.82, 2.24) is 9.97 Å². The largest absolute Gasteiger partial charge is 0.424 e. The highest BCUT2D eigenvalue weighted by Crippen LogP contribution is 2.40. The SMILES string of the molecule is CC1(c2cccc(NC(=O)c3ncc(Br)cc3Cl)n2)COC(C)(C(F)(F)F)C(N)=N1. The summed E-state index contributed by atoms with van der Waals surface area (Å²) in [5.41, 5.74) is 1.92. The molecule has 0 aliphatic carbocycles. The number of nitrogens with zero attached hydrogens (tertiary/aromatic N) is 3. The molecule has 2 unspecified atom stereocenters. The summed E-state index contributed by atoms with van der Waals surface area (Å²) in [4.78, 5) is 24.7. The number of aliphatic imine (C=N–C) groups is 1. The molecule has 3 N–H and O–H groups in total. The molecular formula is C18H16BrClF3N5O2. The van der Waals surface area contributed by atoms with Crippen molar-refractivity contribution < 1.29 is 22.7 Å². The van der Waals surface area contributed by atoms with Crippen LogP contribution in [0.15, 0.2) is 39.9 Å². The fourth-order valence-electron chi connectivity index (χ4n) is 2.68. The van der Waals surface area contributed by atoms with Gasteiger partial charge in [0, 0.05) is 10.7 Å². The Bertz CT molecular complexity index is 1040. The molecule has 0 bridgehead atoms. The maximum Gasteiger partial charge on any atom is 0.424 e. The Labute approximate surface area is 183 Å². The Balaban J connectivity index is 1.88. The van der Waals surface area contributed by atoms with Gasteiger partial charge in [0.2, 0.25) is 5.60 Å². The van der Waals surface area contributed by atoms with Crippen LogP contribution in [0.1, 0.15) is 30.0 Å². The van der Waals surface area contributed by atoms with Gasteiger partial charge in [0.25, 0.3) is 5.91 Å². The van der Waals surface area contributed by atoms with E-state index in [0.717, 1.165) is 6.92 Å². The van der Waals surface area contributed by atoms with E-state index in [1.807, 2.05) is 0 Å². The van der Waals surface area contributed by atoms with Gasteiger partial charge in [-0.1, -0.05) is 17.7 Å². The maximum atomic E-state index is 13.3. The lowest BCUT2D eigenvalue weighted by Crippen LogP contribution is -2.60. The second kappa shape index (κ2) is 7.78. The van der Waals surface area contributed by atoms with Gasteiger partial charge < -0.3 is 15.8 Å². The smallest absolute Gasteiger partial charge is 0.385 e. The normalized spacial score (nSPS) is 24.3. The Hall–Kier alpha value is -2.24. The van der Waals surface area contributed by atoms with E-state index in [-0.39, 0.29) is 22.2 Å². The zero-order chi connectivity index (χ0) is 22.3. The van der Waals surface area contributed by atoms with Crippen LogP contribution in [-0.4, -0.2) is 40.1 Å². The second-order valence-electron chi connectivity index (χ2n) is 6.94. The summed E-state index contributed by atoms with van der Waals surface area (Å²) in [5, 5.41) is 2.69. The molecule has 0 fully saturated rings. The molecule has 1 aliphatic rings. The van der Waals surface area contributed by atoms with Gasteiger partial charge in [-0.3, -0.25) is 9.79 Å². The van der Waals surface area contributed by atoms with E-state index in [1.54, 1.807) is 12.1 Å². The molecule has 3 rings (SSSR count). The summed E-state index contributed by atoms with van der Waals surface area (Å²) in [6, 6.07) is 6.15. The van der Waals surface area contributed by atoms with E-state index < -0.39 is 35.7 Å². The topological polar surface area (TPSA) is 102 Å². The molecule has 2 atom stereocenters. The van der Waals surface area contributed by atoms with E-state index in [2.05, 4.69) is 36.2 Å². The lowest BCUT2D eigenvalue weighted by atomic mass is 9.93.